The lowest BCUT2D eigenvalue weighted by Crippen LogP contribution is -1.78. The summed E-state index contributed by atoms with van der Waals surface area (Å²) in [7, 11) is 0. The smallest absolute Gasteiger partial charge is 0.300 e. The van der Waals surface area contributed by atoms with Gasteiger partial charge in [-0.15, -0.1) is 0 Å². The second-order valence-corrected chi connectivity index (χ2v) is 2.64. The van der Waals surface area contributed by atoms with Crippen molar-refractivity contribution in [2.75, 3.05) is 6.61 Å². The Morgan fingerprint density at radius 3 is 2.15 bits per heavy atom. The number of carbonyl (C=O) groups is 1. The number of hydrogen-bond donors (Lipinski definition) is 2. The first-order chi connectivity index (χ1) is 6.15. The molecule has 13 heavy (non-hydrogen) atoms. The number of carboxylic acids is 1. The maximum Gasteiger partial charge on any atom is 0.300 e. The highest BCUT2D eigenvalue weighted by molar-refractivity contribution is 5.62. The molecule has 0 rings (SSSR count). The van der Waals surface area contributed by atoms with Crippen LogP contribution in [0.25, 0.3) is 0 Å². The van der Waals surface area contributed by atoms with Gasteiger partial charge in [-0.05, 0) is 12.8 Å². The molecule has 0 aliphatic heterocycles. The Balaban J connectivity index is 0. The lowest BCUT2D eigenvalue weighted by atomic mass is 10.2. The quantitative estimate of drug-likeness (QED) is 0.513. The van der Waals surface area contributed by atoms with Crippen LogP contribution in [-0.4, -0.2) is 22.8 Å². The van der Waals surface area contributed by atoms with Crippen molar-refractivity contribution >= 4 is 5.97 Å². The van der Waals surface area contributed by atoms with Gasteiger partial charge in [0.05, 0.1) is 0 Å². The van der Waals surface area contributed by atoms with Crippen molar-refractivity contribution in [3.05, 3.63) is 12.2 Å². The van der Waals surface area contributed by atoms with Crippen molar-refractivity contribution < 1.29 is 15.0 Å². The van der Waals surface area contributed by atoms with Crippen LogP contribution in [0.5, 0.6) is 0 Å². The number of hydrogen-bond acceptors (Lipinski definition) is 2. The molecule has 0 radical (unpaired) electrons. The van der Waals surface area contributed by atoms with Gasteiger partial charge in [0.1, 0.15) is 0 Å². The molecule has 0 saturated heterocycles. The summed E-state index contributed by atoms with van der Waals surface area (Å²) in [6.45, 7) is 3.54. The average Bonchev–Trinajstić information content (AvgIpc) is 2.03. The van der Waals surface area contributed by atoms with Crippen LogP contribution in [0.1, 0.15) is 39.5 Å². The van der Waals surface area contributed by atoms with Crippen LogP contribution >= 0.6 is 0 Å². The van der Waals surface area contributed by atoms with E-state index in [0.29, 0.717) is 0 Å². The summed E-state index contributed by atoms with van der Waals surface area (Å²) in [5, 5.41) is 15.8. The fraction of sp³-hybridized carbons (Fsp3) is 0.700. The summed E-state index contributed by atoms with van der Waals surface area (Å²) in [6.07, 6.45) is 8.67. The first-order valence-corrected chi connectivity index (χ1v) is 4.60. The Kier molecular flexibility index (Phi) is 15.5. The summed E-state index contributed by atoms with van der Waals surface area (Å²) in [6, 6.07) is 0. The predicted octanol–water partition coefficient (Wildman–Crippen LogP) is 2.21. The molecule has 0 aromatic rings. The highest BCUT2D eigenvalue weighted by Gasteiger charge is 1.76. The molecule has 3 heteroatoms. The Bertz CT molecular complexity index is 126. The van der Waals surface area contributed by atoms with Crippen LogP contribution in [0.2, 0.25) is 0 Å². The van der Waals surface area contributed by atoms with Crippen molar-refractivity contribution in [2.45, 2.75) is 39.5 Å². The molecule has 0 saturated carbocycles. The Morgan fingerprint density at radius 2 is 1.77 bits per heavy atom. The largest absolute Gasteiger partial charge is 0.481 e. The molecule has 0 heterocycles. The van der Waals surface area contributed by atoms with E-state index in [1.165, 1.54) is 12.8 Å². The molecule has 0 unspecified atom stereocenters. The Labute approximate surface area is 80.1 Å². The lowest BCUT2D eigenvalue weighted by molar-refractivity contribution is -0.134. The minimum atomic E-state index is -0.833. The van der Waals surface area contributed by atoms with E-state index in [-0.39, 0.29) is 6.61 Å². The first kappa shape index (κ1) is 14.7. The minimum Gasteiger partial charge on any atom is -0.481 e. The van der Waals surface area contributed by atoms with Crippen LogP contribution < -0.4 is 0 Å². The Morgan fingerprint density at radius 1 is 1.31 bits per heavy atom. The Hall–Kier alpha value is -0.830. The monoisotopic (exact) mass is 188 g/mol. The summed E-state index contributed by atoms with van der Waals surface area (Å²) in [4.78, 5) is 9.00. The topological polar surface area (TPSA) is 57.5 Å². The van der Waals surface area contributed by atoms with Gasteiger partial charge in [0.2, 0.25) is 0 Å². The third kappa shape index (κ3) is 35.1. The van der Waals surface area contributed by atoms with Crippen LogP contribution in [0.3, 0.4) is 0 Å². The lowest BCUT2D eigenvalue weighted by Gasteiger charge is -1.87. The van der Waals surface area contributed by atoms with Crippen molar-refractivity contribution in [2.24, 2.45) is 0 Å². The molecule has 0 aromatic heterocycles. The van der Waals surface area contributed by atoms with Gasteiger partial charge in [0.25, 0.3) is 5.97 Å². The fourth-order valence-corrected chi connectivity index (χ4v) is 0.632. The molecule has 0 bridgehead atoms. The van der Waals surface area contributed by atoms with Gasteiger partial charge < -0.3 is 10.2 Å². The van der Waals surface area contributed by atoms with Crippen LogP contribution in [0.15, 0.2) is 12.2 Å². The molecule has 0 atom stereocenters. The molecule has 0 fully saturated rings. The van der Waals surface area contributed by atoms with Crippen molar-refractivity contribution in [3.8, 4) is 0 Å². The van der Waals surface area contributed by atoms with Gasteiger partial charge in [-0.25, -0.2) is 0 Å². The maximum absolute atomic E-state index is 9.00. The van der Waals surface area contributed by atoms with E-state index in [1.807, 2.05) is 6.08 Å². The zero-order valence-corrected chi connectivity index (χ0v) is 8.49. The second kappa shape index (κ2) is 13.7. The summed E-state index contributed by atoms with van der Waals surface area (Å²) in [5.41, 5.74) is 0. The number of carboxylic acid groups (broad SMARTS) is 1. The van der Waals surface area contributed by atoms with Gasteiger partial charge in [-0.2, -0.15) is 0 Å². The molecule has 0 aliphatic rings. The number of aliphatic carboxylic acids is 1. The van der Waals surface area contributed by atoms with E-state index in [4.69, 9.17) is 15.0 Å². The van der Waals surface area contributed by atoms with E-state index < -0.39 is 5.97 Å². The summed E-state index contributed by atoms with van der Waals surface area (Å²) in [5.74, 6) is -0.833. The van der Waals surface area contributed by atoms with E-state index in [0.717, 1.165) is 19.8 Å². The van der Waals surface area contributed by atoms with Crippen molar-refractivity contribution in [1.29, 1.82) is 0 Å². The molecular formula is C10H20O3. The number of unbranched alkanes of at least 4 members (excludes halogenated alkanes) is 2. The van der Waals surface area contributed by atoms with Crippen molar-refractivity contribution in [1.82, 2.24) is 0 Å². The molecule has 0 amide bonds. The number of allylic oxidation sites excluding steroid dienone is 1. The molecule has 3 nitrogen and oxygen atoms in total. The number of rotatable bonds is 5. The van der Waals surface area contributed by atoms with E-state index >= 15 is 0 Å². The normalized spacial score (nSPS) is 9.46. The maximum atomic E-state index is 9.00. The van der Waals surface area contributed by atoms with Gasteiger partial charge in [0.15, 0.2) is 0 Å². The SMILES string of the molecule is CC(=O)O.CCCCC=CCCO. The number of aliphatic hydroxyl groups is 1. The minimum absolute atomic E-state index is 0.280. The molecule has 0 aromatic carbocycles. The predicted molar refractivity (Wildman–Crippen MR) is 53.7 cm³/mol. The fourth-order valence-electron chi connectivity index (χ4n) is 0.632. The van der Waals surface area contributed by atoms with E-state index in [9.17, 15) is 0 Å². The second-order valence-electron chi connectivity index (χ2n) is 2.64. The van der Waals surface area contributed by atoms with Crippen LogP contribution in [0, 0.1) is 0 Å². The van der Waals surface area contributed by atoms with Crippen molar-refractivity contribution in [3.63, 3.8) is 0 Å². The average molecular weight is 188 g/mol. The van der Waals surface area contributed by atoms with Crippen LogP contribution in [-0.2, 0) is 4.79 Å². The van der Waals surface area contributed by atoms with Gasteiger partial charge in [0, 0.05) is 13.5 Å². The third-order valence-electron chi connectivity index (χ3n) is 1.19. The zero-order valence-electron chi connectivity index (χ0n) is 8.49. The summed E-state index contributed by atoms with van der Waals surface area (Å²) < 4.78 is 0. The molecular weight excluding hydrogens is 168 g/mol. The van der Waals surface area contributed by atoms with E-state index in [1.54, 1.807) is 0 Å². The first-order valence-electron chi connectivity index (χ1n) is 4.60. The third-order valence-corrected chi connectivity index (χ3v) is 1.19. The van der Waals surface area contributed by atoms with Gasteiger partial charge in [-0.3, -0.25) is 4.79 Å². The van der Waals surface area contributed by atoms with Crippen LogP contribution in [0.4, 0.5) is 0 Å². The zero-order chi connectivity index (χ0) is 10.5. The highest BCUT2D eigenvalue weighted by Crippen LogP contribution is 1.95. The standard InChI is InChI=1S/C8H16O.C2H4O2/c1-2-3-4-5-6-7-8-9;1-2(3)4/h5-6,9H,2-4,7-8H2,1H3;1H3,(H,3,4). The van der Waals surface area contributed by atoms with E-state index in [2.05, 4.69) is 13.0 Å². The summed E-state index contributed by atoms with van der Waals surface area (Å²) >= 11 is 0. The van der Waals surface area contributed by atoms with Gasteiger partial charge in [-0.1, -0.05) is 31.9 Å². The van der Waals surface area contributed by atoms with Gasteiger partial charge >= 0.3 is 0 Å². The molecule has 2 N–H and O–H groups in total. The highest BCUT2D eigenvalue weighted by atomic mass is 16.4. The molecule has 0 spiro atoms. The number of aliphatic hydroxyl groups excluding tert-OH is 1. The molecule has 78 valence electrons. The molecule has 0 aliphatic carbocycles.